The van der Waals surface area contributed by atoms with E-state index >= 15 is 0 Å². The van der Waals surface area contributed by atoms with Gasteiger partial charge in [0.25, 0.3) is 0 Å². The van der Waals surface area contributed by atoms with Crippen molar-refractivity contribution in [3.05, 3.63) is 83.9 Å². The van der Waals surface area contributed by atoms with Gasteiger partial charge in [-0.3, -0.25) is 4.79 Å². The molecule has 0 bridgehead atoms. The molecule has 180 valence electrons. The average Bonchev–Trinajstić information content (AvgIpc) is 3.15. The van der Waals surface area contributed by atoms with Crippen molar-refractivity contribution < 1.29 is 29.0 Å². The second kappa shape index (κ2) is 10.7. The van der Waals surface area contributed by atoms with Gasteiger partial charge in [0.15, 0.2) is 6.61 Å². The Labute approximate surface area is 202 Å². The van der Waals surface area contributed by atoms with E-state index in [4.69, 9.17) is 14.6 Å². The number of alkyl carbamates (subject to hydrolysis) is 1. The predicted molar refractivity (Wildman–Crippen MR) is 130 cm³/mol. The first-order valence-corrected chi connectivity index (χ1v) is 11.3. The minimum Gasteiger partial charge on any atom is -0.482 e. The Morgan fingerprint density at radius 3 is 2.26 bits per heavy atom. The number of carbonyl (C=O) groups excluding carboxylic acids is 2. The number of carboxylic acid groups (broad SMARTS) is 1. The summed E-state index contributed by atoms with van der Waals surface area (Å²) in [6.45, 7) is 1.44. The van der Waals surface area contributed by atoms with Crippen LogP contribution in [0.4, 0.5) is 10.5 Å². The number of carboxylic acids is 1. The normalized spacial score (nSPS) is 12.7. The Morgan fingerprint density at radius 2 is 1.60 bits per heavy atom. The summed E-state index contributed by atoms with van der Waals surface area (Å²) >= 11 is 0. The molecular formula is C27H26N2O6. The van der Waals surface area contributed by atoms with Crippen molar-refractivity contribution in [3.8, 4) is 16.9 Å². The number of rotatable bonds is 9. The number of nitrogens with one attached hydrogen (secondary N) is 2. The summed E-state index contributed by atoms with van der Waals surface area (Å²) in [4.78, 5) is 35.4. The van der Waals surface area contributed by atoms with Crippen LogP contribution in [0.5, 0.6) is 5.75 Å². The smallest absolute Gasteiger partial charge is 0.407 e. The zero-order chi connectivity index (χ0) is 24.8. The van der Waals surface area contributed by atoms with E-state index in [0.717, 1.165) is 22.3 Å². The molecule has 35 heavy (non-hydrogen) atoms. The summed E-state index contributed by atoms with van der Waals surface area (Å²) in [6.07, 6.45) is -0.555. The molecular weight excluding hydrogens is 448 g/mol. The monoisotopic (exact) mass is 474 g/mol. The number of carbonyl (C=O) groups is 3. The molecule has 3 N–H and O–H groups in total. The molecule has 4 rings (SSSR count). The van der Waals surface area contributed by atoms with Gasteiger partial charge in [-0.05, 0) is 41.3 Å². The number of ether oxygens (including phenoxy) is 2. The van der Waals surface area contributed by atoms with Crippen LogP contribution in [0.25, 0.3) is 11.1 Å². The first-order valence-electron chi connectivity index (χ1n) is 11.3. The van der Waals surface area contributed by atoms with Crippen molar-refractivity contribution in [1.82, 2.24) is 5.32 Å². The molecule has 3 aromatic rings. The lowest BCUT2D eigenvalue weighted by atomic mass is 9.98. The zero-order valence-corrected chi connectivity index (χ0v) is 19.2. The summed E-state index contributed by atoms with van der Waals surface area (Å²) in [5.41, 5.74) is 5.03. The second-order valence-electron chi connectivity index (χ2n) is 8.33. The molecule has 0 aliphatic heterocycles. The summed E-state index contributed by atoms with van der Waals surface area (Å²) in [5, 5.41) is 14.1. The fourth-order valence-electron chi connectivity index (χ4n) is 4.19. The molecule has 1 aliphatic carbocycles. The van der Waals surface area contributed by atoms with Gasteiger partial charge < -0.3 is 25.2 Å². The van der Waals surface area contributed by atoms with E-state index < -0.39 is 24.7 Å². The third kappa shape index (κ3) is 5.97. The molecule has 0 spiro atoms. The number of aliphatic carboxylic acids is 1. The van der Waals surface area contributed by atoms with Crippen molar-refractivity contribution in [3.63, 3.8) is 0 Å². The van der Waals surface area contributed by atoms with E-state index in [9.17, 15) is 14.4 Å². The van der Waals surface area contributed by atoms with Gasteiger partial charge in [0.1, 0.15) is 12.4 Å². The van der Waals surface area contributed by atoms with Crippen molar-refractivity contribution in [2.24, 2.45) is 0 Å². The lowest BCUT2D eigenvalue weighted by Gasteiger charge is -2.17. The highest BCUT2D eigenvalue weighted by Gasteiger charge is 2.29. The topological polar surface area (TPSA) is 114 Å². The zero-order valence-electron chi connectivity index (χ0n) is 19.2. The first kappa shape index (κ1) is 23.8. The standard InChI is InChI=1S/C27H26N2O6/c1-17(13-25(30)29-18-7-6-8-19(14-18)34-16-26(31)32)28-27(33)35-15-24-22-11-4-2-9-20(22)21-10-3-5-12-23(21)24/h2-12,14,17,24H,13,15-16H2,1H3,(H,28,33)(H,29,30)(H,31,32). The number of benzene rings is 3. The largest absolute Gasteiger partial charge is 0.482 e. The van der Waals surface area contributed by atoms with Gasteiger partial charge in [-0.1, -0.05) is 54.6 Å². The summed E-state index contributed by atoms with van der Waals surface area (Å²) < 4.78 is 10.6. The Bertz CT molecular complexity index is 1200. The molecule has 1 aliphatic rings. The molecule has 0 saturated heterocycles. The Hall–Kier alpha value is -4.33. The maximum Gasteiger partial charge on any atom is 0.407 e. The highest BCUT2D eigenvalue weighted by atomic mass is 16.5. The van der Waals surface area contributed by atoms with Crippen LogP contribution in [0.3, 0.4) is 0 Å². The van der Waals surface area contributed by atoms with Gasteiger partial charge in [0.05, 0.1) is 0 Å². The molecule has 0 heterocycles. The van der Waals surface area contributed by atoms with E-state index in [0.29, 0.717) is 11.4 Å². The van der Waals surface area contributed by atoms with E-state index in [-0.39, 0.29) is 24.9 Å². The van der Waals surface area contributed by atoms with Crippen LogP contribution >= 0.6 is 0 Å². The molecule has 0 radical (unpaired) electrons. The van der Waals surface area contributed by atoms with Crippen LogP contribution in [0.15, 0.2) is 72.8 Å². The SMILES string of the molecule is CC(CC(=O)Nc1cccc(OCC(=O)O)c1)NC(=O)OCC1c2ccccc2-c2ccccc21. The van der Waals surface area contributed by atoms with Crippen molar-refractivity contribution in [2.45, 2.75) is 25.3 Å². The molecule has 8 nitrogen and oxygen atoms in total. The number of hydrogen-bond donors (Lipinski definition) is 3. The van der Waals surface area contributed by atoms with E-state index in [1.165, 1.54) is 6.07 Å². The van der Waals surface area contributed by atoms with Gasteiger partial charge in [0, 0.05) is 30.1 Å². The first-order chi connectivity index (χ1) is 16.9. The highest BCUT2D eigenvalue weighted by molar-refractivity contribution is 5.91. The minimum atomic E-state index is -1.09. The van der Waals surface area contributed by atoms with Gasteiger partial charge in [-0.2, -0.15) is 0 Å². The summed E-state index contributed by atoms with van der Waals surface area (Å²) in [7, 11) is 0. The maximum absolute atomic E-state index is 12.4. The third-order valence-electron chi connectivity index (χ3n) is 5.68. The molecule has 2 amide bonds. The molecule has 8 heteroatoms. The van der Waals surface area contributed by atoms with E-state index in [1.807, 2.05) is 24.3 Å². The molecule has 1 unspecified atom stereocenters. The maximum atomic E-state index is 12.4. The Morgan fingerprint density at radius 1 is 0.943 bits per heavy atom. The van der Waals surface area contributed by atoms with Crippen molar-refractivity contribution >= 4 is 23.7 Å². The molecule has 0 fully saturated rings. The van der Waals surface area contributed by atoms with Crippen molar-refractivity contribution in [2.75, 3.05) is 18.5 Å². The molecule has 0 saturated carbocycles. The number of hydrogen-bond acceptors (Lipinski definition) is 5. The number of anilines is 1. The highest BCUT2D eigenvalue weighted by Crippen LogP contribution is 2.44. The van der Waals surface area contributed by atoms with Crippen LogP contribution in [0.2, 0.25) is 0 Å². The lowest BCUT2D eigenvalue weighted by Crippen LogP contribution is -2.36. The van der Waals surface area contributed by atoms with Gasteiger partial charge in [-0.25, -0.2) is 9.59 Å². The van der Waals surface area contributed by atoms with Gasteiger partial charge in [0.2, 0.25) is 5.91 Å². The van der Waals surface area contributed by atoms with E-state index in [2.05, 4.69) is 34.9 Å². The third-order valence-corrected chi connectivity index (χ3v) is 5.68. The lowest BCUT2D eigenvalue weighted by molar-refractivity contribution is -0.139. The quantitative estimate of drug-likeness (QED) is 0.423. The fraction of sp³-hybridized carbons (Fsp3) is 0.222. The number of amides is 2. The van der Waals surface area contributed by atoms with Crippen LogP contribution in [0, 0.1) is 0 Å². The van der Waals surface area contributed by atoms with Crippen LogP contribution < -0.4 is 15.4 Å². The summed E-state index contributed by atoms with van der Waals surface area (Å²) in [6, 6.07) is 22.2. The Balaban J connectivity index is 1.27. The summed E-state index contributed by atoms with van der Waals surface area (Å²) in [5.74, 6) is -1.11. The Kier molecular flexibility index (Phi) is 7.30. The van der Waals surface area contributed by atoms with Crippen LogP contribution in [-0.4, -0.2) is 42.3 Å². The minimum absolute atomic E-state index is 0.0321. The van der Waals surface area contributed by atoms with Crippen LogP contribution in [-0.2, 0) is 14.3 Å². The molecule has 0 aromatic heterocycles. The van der Waals surface area contributed by atoms with E-state index in [1.54, 1.807) is 25.1 Å². The fourth-order valence-corrected chi connectivity index (χ4v) is 4.19. The second-order valence-corrected chi connectivity index (χ2v) is 8.33. The molecule has 3 aromatic carbocycles. The number of fused-ring (bicyclic) bond motifs is 3. The van der Waals surface area contributed by atoms with Gasteiger partial charge in [-0.15, -0.1) is 0 Å². The van der Waals surface area contributed by atoms with Crippen LogP contribution in [0.1, 0.15) is 30.4 Å². The predicted octanol–water partition coefficient (Wildman–Crippen LogP) is 4.41. The average molecular weight is 475 g/mol. The van der Waals surface area contributed by atoms with Gasteiger partial charge >= 0.3 is 12.1 Å². The molecule has 1 atom stereocenters. The van der Waals surface area contributed by atoms with Crippen molar-refractivity contribution in [1.29, 1.82) is 0 Å².